The second-order valence-electron chi connectivity index (χ2n) is 6.95. The lowest BCUT2D eigenvalue weighted by atomic mass is 10.2. The second kappa shape index (κ2) is 11.3. The number of hydrogen-bond donors (Lipinski definition) is 0. The van der Waals surface area contributed by atoms with Crippen LogP contribution in [0.4, 0.5) is 0 Å². The predicted octanol–water partition coefficient (Wildman–Crippen LogP) is 4.14. The van der Waals surface area contributed by atoms with Crippen molar-refractivity contribution in [1.82, 2.24) is 4.67 Å². The standard InChI is InChI=1S/C20H32NO7P/c1-8-11-18-17(10-3)20(23)21(12-19(22)27-15(6)7)29(24,28-18)25-13-16(9-2)26-14(4)5/h8,10-11,14-16H,3,9,12-13H2,1-2,4-7H3/b11-8-/t16-,29?/m0/s1. The van der Waals surface area contributed by atoms with Gasteiger partial charge < -0.3 is 14.0 Å². The highest BCUT2D eigenvalue weighted by Gasteiger charge is 2.47. The average molecular weight is 429 g/mol. The van der Waals surface area contributed by atoms with Crippen molar-refractivity contribution in [3.05, 3.63) is 36.1 Å². The lowest BCUT2D eigenvalue weighted by Crippen LogP contribution is -2.40. The lowest BCUT2D eigenvalue weighted by molar-refractivity contribution is -0.150. The molecule has 0 N–H and O–H groups in total. The first-order chi connectivity index (χ1) is 13.6. The Bertz CT molecular complexity index is 712. The van der Waals surface area contributed by atoms with Gasteiger partial charge in [0.05, 0.1) is 30.5 Å². The van der Waals surface area contributed by atoms with E-state index in [1.807, 2.05) is 20.8 Å². The molecule has 1 heterocycles. The summed E-state index contributed by atoms with van der Waals surface area (Å²) in [7, 11) is -4.18. The predicted molar refractivity (Wildman–Crippen MR) is 110 cm³/mol. The van der Waals surface area contributed by atoms with Crippen LogP contribution in [0.2, 0.25) is 0 Å². The van der Waals surface area contributed by atoms with Crippen LogP contribution in [-0.4, -0.2) is 48.0 Å². The van der Waals surface area contributed by atoms with E-state index in [1.165, 1.54) is 12.2 Å². The van der Waals surface area contributed by atoms with Crippen LogP contribution in [0.3, 0.4) is 0 Å². The van der Waals surface area contributed by atoms with Gasteiger partial charge in [0.1, 0.15) is 12.3 Å². The van der Waals surface area contributed by atoms with Crippen molar-refractivity contribution in [2.24, 2.45) is 0 Å². The van der Waals surface area contributed by atoms with Gasteiger partial charge in [-0.15, -0.1) is 0 Å². The number of allylic oxidation sites excluding steroid dienone is 2. The van der Waals surface area contributed by atoms with Gasteiger partial charge >= 0.3 is 13.7 Å². The molecule has 0 spiro atoms. The number of nitrogens with zero attached hydrogens (tertiary/aromatic N) is 1. The quantitative estimate of drug-likeness (QED) is 0.360. The Kier molecular flexibility index (Phi) is 9.83. The van der Waals surface area contributed by atoms with Crippen LogP contribution in [0.15, 0.2) is 36.1 Å². The summed E-state index contributed by atoms with van der Waals surface area (Å²) >= 11 is 0. The number of amides is 1. The number of hydrogen-bond acceptors (Lipinski definition) is 7. The molecule has 0 aromatic heterocycles. The molecular weight excluding hydrogens is 397 g/mol. The molecule has 1 unspecified atom stereocenters. The Hall–Kier alpha value is -1.89. The van der Waals surface area contributed by atoms with Gasteiger partial charge in [0.15, 0.2) is 0 Å². The Balaban J connectivity index is 3.22. The third-order valence-electron chi connectivity index (χ3n) is 3.75. The summed E-state index contributed by atoms with van der Waals surface area (Å²) in [6.07, 6.45) is 4.24. The van der Waals surface area contributed by atoms with Crippen LogP contribution in [0.5, 0.6) is 0 Å². The molecule has 2 atom stereocenters. The minimum absolute atomic E-state index is 0.0543. The van der Waals surface area contributed by atoms with Crippen molar-refractivity contribution < 1.29 is 32.7 Å². The zero-order chi connectivity index (χ0) is 22.2. The third-order valence-corrected chi connectivity index (χ3v) is 5.57. The Morgan fingerprint density at radius 3 is 2.41 bits per heavy atom. The largest absolute Gasteiger partial charge is 0.492 e. The molecule has 1 rings (SSSR count). The average Bonchev–Trinajstić information content (AvgIpc) is 2.62. The molecule has 0 bridgehead atoms. The van der Waals surface area contributed by atoms with Gasteiger partial charge in [0.2, 0.25) is 0 Å². The van der Waals surface area contributed by atoms with Crippen LogP contribution in [0.25, 0.3) is 0 Å². The number of carbonyl (C=O) groups excluding carboxylic acids is 2. The molecule has 1 aliphatic heterocycles. The van der Waals surface area contributed by atoms with Gasteiger partial charge in [-0.1, -0.05) is 25.7 Å². The molecule has 0 radical (unpaired) electrons. The van der Waals surface area contributed by atoms with Crippen molar-refractivity contribution in [2.75, 3.05) is 13.2 Å². The molecule has 1 aliphatic rings. The van der Waals surface area contributed by atoms with Crippen LogP contribution in [0, 0.1) is 0 Å². The minimum Gasteiger partial charge on any atom is -0.462 e. The van der Waals surface area contributed by atoms with E-state index >= 15 is 0 Å². The maximum atomic E-state index is 13.5. The summed E-state index contributed by atoms with van der Waals surface area (Å²) in [6.45, 7) is 13.7. The molecule has 9 heteroatoms. The molecule has 1 amide bonds. The summed E-state index contributed by atoms with van der Waals surface area (Å²) in [6, 6.07) is 0. The zero-order valence-corrected chi connectivity index (χ0v) is 18.9. The van der Waals surface area contributed by atoms with E-state index in [-0.39, 0.29) is 36.3 Å². The normalized spacial score (nSPS) is 21.1. The van der Waals surface area contributed by atoms with Crippen molar-refractivity contribution in [1.29, 1.82) is 0 Å². The lowest BCUT2D eigenvalue weighted by Gasteiger charge is -2.35. The fourth-order valence-electron chi connectivity index (χ4n) is 2.53. The molecule has 0 aromatic carbocycles. The number of carbonyl (C=O) groups is 2. The Morgan fingerprint density at radius 1 is 1.28 bits per heavy atom. The smallest absolute Gasteiger partial charge is 0.462 e. The van der Waals surface area contributed by atoms with Crippen molar-refractivity contribution >= 4 is 19.6 Å². The van der Waals surface area contributed by atoms with Crippen LogP contribution >= 0.6 is 7.75 Å². The third kappa shape index (κ3) is 7.14. The molecule has 0 saturated carbocycles. The first-order valence-corrected chi connectivity index (χ1v) is 11.2. The van der Waals surface area contributed by atoms with Gasteiger partial charge in [-0.2, -0.15) is 0 Å². The van der Waals surface area contributed by atoms with Crippen molar-refractivity contribution in [3.8, 4) is 0 Å². The molecular formula is C20H32NO7P. The summed E-state index contributed by atoms with van der Waals surface area (Å²) in [5.74, 6) is -1.33. The first-order valence-electron chi connectivity index (χ1n) is 9.68. The monoisotopic (exact) mass is 429 g/mol. The summed E-state index contributed by atoms with van der Waals surface area (Å²) in [5.41, 5.74) is 0.0843. The van der Waals surface area contributed by atoms with Crippen LogP contribution in [0.1, 0.15) is 48.0 Å². The molecule has 8 nitrogen and oxygen atoms in total. The molecule has 0 aliphatic carbocycles. The number of esters is 1. The fourth-order valence-corrected chi connectivity index (χ4v) is 4.20. The van der Waals surface area contributed by atoms with E-state index in [9.17, 15) is 14.2 Å². The summed E-state index contributed by atoms with van der Waals surface area (Å²) in [4.78, 5) is 25.1. The van der Waals surface area contributed by atoms with Crippen molar-refractivity contribution in [3.63, 3.8) is 0 Å². The van der Waals surface area contributed by atoms with E-state index in [0.29, 0.717) is 6.42 Å². The first kappa shape index (κ1) is 25.1. The highest BCUT2D eigenvalue weighted by molar-refractivity contribution is 7.52. The molecule has 29 heavy (non-hydrogen) atoms. The topological polar surface area (TPSA) is 91.4 Å². The molecule has 0 saturated heterocycles. The van der Waals surface area contributed by atoms with E-state index < -0.39 is 26.2 Å². The summed E-state index contributed by atoms with van der Waals surface area (Å²) < 4.78 is 36.3. The van der Waals surface area contributed by atoms with Gasteiger partial charge in [-0.25, -0.2) is 9.24 Å². The van der Waals surface area contributed by atoms with Gasteiger partial charge in [-0.05, 0) is 47.1 Å². The maximum Gasteiger partial charge on any atom is 0.492 e. The Morgan fingerprint density at radius 2 is 1.93 bits per heavy atom. The van der Waals surface area contributed by atoms with Crippen LogP contribution < -0.4 is 0 Å². The highest BCUT2D eigenvalue weighted by Crippen LogP contribution is 2.57. The minimum atomic E-state index is -4.18. The van der Waals surface area contributed by atoms with E-state index in [0.717, 1.165) is 4.67 Å². The van der Waals surface area contributed by atoms with Gasteiger partial charge in [0.25, 0.3) is 5.91 Å². The maximum absolute atomic E-state index is 13.5. The number of ether oxygens (including phenoxy) is 2. The summed E-state index contributed by atoms with van der Waals surface area (Å²) in [5, 5.41) is 0. The fraction of sp³-hybridized carbons (Fsp3) is 0.600. The second-order valence-corrected chi connectivity index (χ2v) is 8.81. The Labute approximate surface area is 173 Å². The molecule has 0 fully saturated rings. The molecule has 164 valence electrons. The van der Waals surface area contributed by atoms with Crippen LogP contribution in [-0.2, 0) is 32.7 Å². The van der Waals surface area contributed by atoms with E-state index in [2.05, 4.69) is 6.58 Å². The SMILES string of the molecule is C=CC1=C(/C=C\C)OP(=O)(OC[C@H](CC)OC(C)C)N(CC(=O)OC(C)C)C1=O. The van der Waals surface area contributed by atoms with E-state index in [1.54, 1.807) is 26.8 Å². The van der Waals surface area contributed by atoms with Crippen molar-refractivity contribution in [2.45, 2.75) is 66.3 Å². The molecule has 0 aromatic rings. The van der Waals surface area contributed by atoms with Gasteiger partial charge in [0, 0.05) is 0 Å². The zero-order valence-electron chi connectivity index (χ0n) is 18.0. The number of rotatable bonds is 11. The highest BCUT2D eigenvalue weighted by atomic mass is 31.2. The van der Waals surface area contributed by atoms with Gasteiger partial charge in [-0.3, -0.25) is 14.1 Å². The van der Waals surface area contributed by atoms with E-state index in [4.69, 9.17) is 18.5 Å².